The van der Waals surface area contributed by atoms with Gasteiger partial charge in [-0.1, -0.05) is 17.7 Å². The van der Waals surface area contributed by atoms with Crippen LogP contribution in [0, 0.1) is 24.7 Å². The Morgan fingerprint density at radius 1 is 1.11 bits per heavy atom. The SMILES string of the molecule is Cc1cc(Cl)ccc1C1CC2C(NN1)[C@H]1CC[C@@H]2C1. The Kier molecular flexibility index (Phi) is 2.87. The molecule has 0 aromatic heterocycles. The van der Waals surface area contributed by atoms with E-state index in [4.69, 9.17) is 11.6 Å². The number of nitrogens with one attached hydrogen (secondary N) is 2. The summed E-state index contributed by atoms with van der Waals surface area (Å²) in [6, 6.07) is 7.44. The first-order valence-corrected chi connectivity index (χ1v) is 7.87. The van der Waals surface area contributed by atoms with Gasteiger partial charge < -0.3 is 0 Å². The Morgan fingerprint density at radius 3 is 2.79 bits per heavy atom. The van der Waals surface area contributed by atoms with Crippen LogP contribution < -0.4 is 10.9 Å². The number of rotatable bonds is 1. The van der Waals surface area contributed by atoms with Gasteiger partial charge in [0.1, 0.15) is 0 Å². The molecule has 3 unspecified atom stereocenters. The summed E-state index contributed by atoms with van der Waals surface area (Å²) in [5.74, 6) is 2.77. The molecule has 2 nitrogen and oxygen atoms in total. The lowest BCUT2D eigenvalue weighted by molar-refractivity contribution is 0.139. The van der Waals surface area contributed by atoms with Crippen molar-refractivity contribution in [2.45, 2.75) is 44.7 Å². The Hall–Kier alpha value is -0.570. The monoisotopic (exact) mass is 276 g/mol. The maximum atomic E-state index is 6.06. The van der Waals surface area contributed by atoms with Gasteiger partial charge >= 0.3 is 0 Å². The molecular formula is C16H21ClN2. The maximum Gasteiger partial charge on any atom is 0.0468 e. The van der Waals surface area contributed by atoms with E-state index in [2.05, 4.69) is 29.9 Å². The number of fused-ring (bicyclic) bond motifs is 5. The van der Waals surface area contributed by atoms with Crippen molar-refractivity contribution in [3.05, 3.63) is 34.3 Å². The highest BCUT2D eigenvalue weighted by molar-refractivity contribution is 6.30. The average Bonchev–Trinajstić information content (AvgIpc) is 3.00. The Labute approximate surface area is 119 Å². The van der Waals surface area contributed by atoms with Crippen molar-refractivity contribution in [3.8, 4) is 0 Å². The molecule has 1 aromatic carbocycles. The molecule has 102 valence electrons. The van der Waals surface area contributed by atoms with E-state index < -0.39 is 0 Å². The number of hydrogen-bond donors (Lipinski definition) is 2. The van der Waals surface area contributed by atoms with Crippen LogP contribution in [0.2, 0.25) is 5.02 Å². The number of benzene rings is 1. The molecule has 3 heteroatoms. The predicted molar refractivity (Wildman–Crippen MR) is 77.9 cm³/mol. The molecule has 0 radical (unpaired) electrons. The molecule has 2 N–H and O–H groups in total. The summed E-state index contributed by atoms with van der Waals surface area (Å²) in [4.78, 5) is 0. The first kappa shape index (κ1) is 12.2. The van der Waals surface area contributed by atoms with Crippen molar-refractivity contribution < 1.29 is 0 Å². The minimum atomic E-state index is 0.442. The average molecular weight is 277 g/mol. The van der Waals surface area contributed by atoms with Gasteiger partial charge in [0.05, 0.1) is 0 Å². The molecule has 1 heterocycles. The zero-order valence-electron chi connectivity index (χ0n) is 11.3. The summed E-state index contributed by atoms with van der Waals surface area (Å²) in [5.41, 5.74) is 9.88. The summed E-state index contributed by atoms with van der Waals surface area (Å²) in [7, 11) is 0. The van der Waals surface area contributed by atoms with E-state index >= 15 is 0 Å². The van der Waals surface area contributed by atoms with Gasteiger partial charge in [0.2, 0.25) is 0 Å². The van der Waals surface area contributed by atoms with E-state index in [0.29, 0.717) is 6.04 Å². The summed E-state index contributed by atoms with van der Waals surface area (Å²) in [5, 5.41) is 0.836. The number of hydrogen-bond acceptors (Lipinski definition) is 2. The topological polar surface area (TPSA) is 24.1 Å². The summed E-state index contributed by atoms with van der Waals surface area (Å²) in [6.45, 7) is 2.16. The molecule has 19 heavy (non-hydrogen) atoms. The molecule has 4 rings (SSSR count). The van der Waals surface area contributed by atoms with Crippen LogP contribution in [0.1, 0.15) is 42.9 Å². The zero-order chi connectivity index (χ0) is 13.0. The highest BCUT2D eigenvalue weighted by atomic mass is 35.5. The predicted octanol–water partition coefficient (Wildman–Crippen LogP) is 3.60. The molecule has 1 saturated heterocycles. The fourth-order valence-corrected chi connectivity index (χ4v) is 4.96. The fraction of sp³-hybridized carbons (Fsp3) is 0.625. The second-order valence-electron chi connectivity index (χ2n) is 6.60. The molecule has 0 spiro atoms. The molecule has 5 atom stereocenters. The largest absolute Gasteiger partial charge is 0.254 e. The second-order valence-corrected chi connectivity index (χ2v) is 7.04. The van der Waals surface area contributed by atoms with Gasteiger partial charge in [-0.3, -0.25) is 10.9 Å². The van der Waals surface area contributed by atoms with Gasteiger partial charge in [-0.2, -0.15) is 0 Å². The van der Waals surface area contributed by atoms with Crippen LogP contribution in [-0.4, -0.2) is 6.04 Å². The Morgan fingerprint density at radius 2 is 1.95 bits per heavy atom. The van der Waals surface area contributed by atoms with Crippen molar-refractivity contribution in [2.24, 2.45) is 17.8 Å². The molecule has 2 aliphatic carbocycles. The van der Waals surface area contributed by atoms with Crippen LogP contribution in [0.3, 0.4) is 0 Å². The van der Waals surface area contributed by atoms with Crippen LogP contribution in [0.15, 0.2) is 18.2 Å². The van der Waals surface area contributed by atoms with E-state index in [1.807, 2.05) is 6.07 Å². The van der Waals surface area contributed by atoms with Gasteiger partial charge in [-0.05, 0) is 73.6 Å². The van der Waals surface area contributed by atoms with Crippen molar-refractivity contribution in [1.29, 1.82) is 0 Å². The highest BCUT2D eigenvalue weighted by Crippen LogP contribution is 2.52. The van der Waals surface area contributed by atoms with Crippen LogP contribution in [-0.2, 0) is 0 Å². The third kappa shape index (κ3) is 1.93. The molecule has 2 bridgehead atoms. The van der Waals surface area contributed by atoms with Crippen LogP contribution in [0.25, 0.3) is 0 Å². The van der Waals surface area contributed by atoms with Gasteiger partial charge in [0.25, 0.3) is 0 Å². The van der Waals surface area contributed by atoms with Crippen molar-refractivity contribution >= 4 is 11.6 Å². The highest BCUT2D eigenvalue weighted by Gasteiger charge is 2.49. The lowest BCUT2D eigenvalue weighted by Crippen LogP contribution is -2.54. The van der Waals surface area contributed by atoms with Crippen LogP contribution in [0.4, 0.5) is 0 Å². The first-order chi connectivity index (χ1) is 9.22. The molecule has 2 saturated carbocycles. The minimum absolute atomic E-state index is 0.442. The third-order valence-electron chi connectivity index (χ3n) is 5.63. The van der Waals surface area contributed by atoms with Crippen molar-refractivity contribution in [1.82, 2.24) is 10.9 Å². The number of halogens is 1. The Balaban J connectivity index is 1.57. The summed E-state index contributed by atoms with van der Waals surface area (Å²) in [6.07, 6.45) is 5.63. The fourth-order valence-electron chi connectivity index (χ4n) is 4.74. The second kappa shape index (κ2) is 4.47. The van der Waals surface area contributed by atoms with Gasteiger partial charge in [0, 0.05) is 17.1 Å². The third-order valence-corrected chi connectivity index (χ3v) is 5.86. The quantitative estimate of drug-likeness (QED) is 0.819. The molecule has 3 aliphatic rings. The van der Waals surface area contributed by atoms with Gasteiger partial charge in [-0.15, -0.1) is 0 Å². The number of aryl methyl sites for hydroxylation is 1. The smallest absolute Gasteiger partial charge is 0.0468 e. The van der Waals surface area contributed by atoms with Crippen molar-refractivity contribution in [3.63, 3.8) is 0 Å². The normalized spacial score (nSPS) is 40.4. The summed E-state index contributed by atoms with van der Waals surface area (Å²) < 4.78 is 0. The van der Waals surface area contributed by atoms with E-state index in [1.54, 1.807) is 0 Å². The lowest BCUT2D eigenvalue weighted by atomic mass is 9.78. The standard InChI is InChI=1S/C16H21ClN2/c1-9-6-12(17)4-5-13(9)15-8-14-10-2-3-11(7-10)16(14)19-18-15/h4-6,10-11,14-16,18-19H,2-3,7-8H2,1H3/t10-,11+,14?,15?,16?/m1/s1. The van der Waals surface area contributed by atoms with Crippen molar-refractivity contribution in [2.75, 3.05) is 0 Å². The lowest BCUT2D eigenvalue weighted by Gasteiger charge is -2.41. The minimum Gasteiger partial charge on any atom is -0.254 e. The van der Waals surface area contributed by atoms with E-state index in [9.17, 15) is 0 Å². The molecular weight excluding hydrogens is 256 g/mol. The van der Waals surface area contributed by atoms with E-state index in [-0.39, 0.29) is 0 Å². The van der Waals surface area contributed by atoms with E-state index in [1.165, 1.54) is 36.8 Å². The number of hydrazine groups is 1. The summed E-state index contributed by atoms with van der Waals surface area (Å²) >= 11 is 6.06. The van der Waals surface area contributed by atoms with Crippen LogP contribution in [0.5, 0.6) is 0 Å². The van der Waals surface area contributed by atoms with E-state index in [0.717, 1.165) is 28.8 Å². The molecule has 3 fully saturated rings. The maximum absolute atomic E-state index is 6.06. The van der Waals surface area contributed by atoms with Gasteiger partial charge in [-0.25, -0.2) is 0 Å². The Bertz CT molecular complexity index is 502. The van der Waals surface area contributed by atoms with Crippen LogP contribution >= 0.6 is 11.6 Å². The molecule has 0 amide bonds. The zero-order valence-corrected chi connectivity index (χ0v) is 12.1. The first-order valence-electron chi connectivity index (χ1n) is 7.49. The van der Waals surface area contributed by atoms with Gasteiger partial charge in [0.15, 0.2) is 0 Å². The molecule has 1 aromatic rings. The molecule has 1 aliphatic heterocycles.